The molecule has 1 aromatic heterocycles. The van der Waals surface area contributed by atoms with Crippen LogP contribution in [0.3, 0.4) is 0 Å². The van der Waals surface area contributed by atoms with E-state index in [1.54, 1.807) is 11.3 Å². The first kappa shape index (κ1) is 13.1. The van der Waals surface area contributed by atoms with Crippen LogP contribution >= 0.6 is 11.3 Å². The zero-order chi connectivity index (χ0) is 12.1. The summed E-state index contributed by atoms with van der Waals surface area (Å²) in [6.45, 7) is 3.19. The first-order chi connectivity index (χ1) is 8.22. The summed E-state index contributed by atoms with van der Waals surface area (Å²) in [7, 11) is 0. The highest BCUT2D eigenvalue weighted by Crippen LogP contribution is 2.32. The van der Waals surface area contributed by atoms with E-state index in [4.69, 9.17) is 0 Å². The third kappa shape index (κ3) is 3.80. The maximum atomic E-state index is 10.5. The number of hydrogen-bond acceptors (Lipinski definition) is 3. The van der Waals surface area contributed by atoms with E-state index in [0.717, 1.165) is 45.1 Å². The van der Waals surface area contributed by atoms with Crippen molar-refractivity contribution in [2.24, 2.45) is 0 Å². The average Bonchev–Trinajstić information content (AvgIpc) is 2.84. The summed E-state index contributed by atoms with van der Waals surface area (Å²) in [4.78, 5) is 0. The Morgan fingerprint density at radius 2 is 2.24 bits per heavy atom. The topological polar surface area (TPSA) is 32.3 Å². The minimum absolute atomic E-state index is 0.409. The molecule has 1 aromatic rings. The molecule has 0 atom stereocenters. The van der Waals surface area contributed by atoms with Gasteiger partial charge in [0, 0.05) is 6.04 Å². The Kier molecular flexibility index (Phi) is 4.60. The average molecular weight is 253 g/mol. The van der Waals surface area contributed by atoms with Crippen LogP contribution in [0.15, 0.2) is 16.8 Å². The number of rotatable bonds is 5. The second-order valence-corrected chi connectivity index (χ2v) is 5.97. The molecule has 0 spiro atoms. The van der Waals surface area contributed by atoms with E-state index in [1.807, 2.05) is 0 Å². The molecule has 2 rings (SSSR count). The van der Waals surface area contributed by atoms with Crippen molar-refractivity contribution in [3.63, 3.8) is 0 Å². The molecule has 0 aliphatic heterocycles. The molecule has 1 aliphatic carbocycles. The van der Waals surface area contributed by atoms with Crippen LogP contribution in [0.1, 0.15) is 44.6 Å². The van der Waals surface area contributed by atoms with Crippen LogP contribution in [-0.4, -0.2) is 23.3 Å². The lowest BCUT2D eigenvalue weighted by atomic mass is 9.79. The molecule has 2 nitrogen and oxygen atoms in total. The number of hydrogen-bond donors (Lipinski definition) is 2. The molecule has 17 heavy (non-hydrogen) atoms. The Hall–Kier alpha value is -0.380. The highest BCUT2D eigenvalue weighted by Gasteiger charge is 2.32. The summed E-state index contributed by atoms with van der Waals surface area (Å²) < 4.78 is 0. The molecule has 0 aromatic carbocycles. The van der Waals surface area contributed by atoms with Crippen LogP contribution in [0.2, 0.25) is 0 Å². The van der Waals surface area contributed by atoms with E-state index in [0.29, 0.717) is 6.04 Å². The third-order valence-electron chi connectivity index (χ3n) is 3.87. The van der Waals surface area contributed by atoms with Crippen molar-refractivity contribution in [2.45, 2.75) is 57.1 Å². The van der Waals surface area contributed by atoms with Gasteiger partial charge in [0.05, 0.1) is 5.60 Å². The summed E-state index contributed by atoms with van der Waals surface area (Å²) in [6, 6.07) is 2.79. The lowest BCUT2D eigenvalue weighted by molar-refractivity contribution is -0.0105. The second-order valence-electron chi connectivity index (χ2n) is 5.19. The van der Waals surface area contributed by atoms with Crippen LogP contribution in [0.5, 0.6) is 0 Å². The summed E-state index contributed by atoms with van der Waals surface area (Å²) in [5.41, 5.74) is 0.964. The van der Waals surface area contributed by atoms with Crippen molar-refractivity contribution in [1.29, 1.82) is 0 Å². The first-order valence-electron chi connectivity index (χ1n) is 6.69. The SMILES string of the molecule is CCNC1CCC(O)(CCc2ccsc2)CC1. The van der Waals surface area contributed by atoms with Crippen LogP contribution in [-0.2, 0) is 6.42 Å². The van der Waals surface area contributed by atoms with Crippen molar-refractivity contribution >= 4 is 11.3 Å². The highest BCUT2D eigenvalue weighted by molar-refractivity contribution is 7.07. The van der Waals surface area contributed by atoms with Crippen molar-refractivity contribution in [1.82, 2.24) is 5.32 Å². The summed E-state index contributed by atoms with van der Waals surface area (Å²) in [5.74, 6) is 0. The maximum Gasteiger partial charge on any atom is 0.0652 e. The molecule has 0 bridgehead atoms. The van der Waals surface area contributed by atoms with E-state index in [2.05, 4.69) is 29.1 Å². The lowest BCUT2D eigenvalue weighted by Gasteiger charge is -2.36. The van der Waals surface area contributed by atoms with Gasteiger partial charge in [0.15, 0.2) is 0 Å². The lowest BCUT2D eigenvalue weighted by Crippen LogP contribution is -2.41. The van der Waals surface area contributed by atoms with Gasteiger partial charge in [-0.05, 0) is 67.5 Å². The van der Waals surface area contributed by atoms with Gasteiger partial charge in [0.25, 0.3) is 0 Å². The van der Waals surface area contributed by atoms with Gasteiger partial charge in [-0.1, -0.05) is 6.92 Å². The monoisotopic (exact) mass is 253 g/mol. The highest BCUT2D eigenvalue weighted by atomic mass is 32.1. The Labute approximate surface area is 108 Å². The Bertz CT molecular complexity index is 315. The predicted octanol–water partition coefficient (Wildman–Crippen LogP) is 2.96. The molecule has 96 valence electrons. The predicted molar refractivity (Wildman–Crippen MR) is 73.5 cm³/mol. The van der Waals surface area contributed by atoms with Crippen molar-refractivity contribution < 1.29 is 5.11 Å². The van der Waals surface area contributed by atoms with Gasteiger partial charge in [-0.3, -0.25) is 0 Å². The number of aliphatic hydroxyl groups is 1. The normalized spacial score (nSPS) is 29.4. The zero-order valence-corrected chi connectivity index (χ0v) is 11.4. The Morgan fingerprint density at radius 3 is 2.82 bits per heavy atom. The van der Waals surface area contributed by atoms with Crippen LogP contribution in [0.25, 0.3) is 0 Å². The molecule has 0 saturated heterocycles. The quantitative estimate of drug-likeness (QED) is 0.845. The van der Waals surface area contributed by atoms with Gasteiger partial charge in [-0.2, -0.15) is 11.3 Å². The maximum absolute atomic E-state index is 10.5. The van der Waals surface area contributed by atoms with Crippen molar-refractivity contribution in [3.8, 4) is 0 Å². The Balaban J connectivity index is 1.77. The largest absolute Gasteiger partial charge is 0.390 e. The van der Waals surface area contributed by atoms with Gasteiger partial charge in [0.2, 0.25) is 0 Å². The number of nitrogens with one attached hydrogen (secondary N) is 1. The fourth-order valence-electron chi connectivity index (χ4n) is 2.71. The minimum Gasteiger partial charge on any atom is -0.390 e. The molecular formula is C14H23NOS. The van der Waals surface area contributed by atoms with Gasteiger partial charge >= 0.3 is 0 Å². The Morgan fingerprint density at radius 1 is 1.47 bits per heavy atom. The number of aryl methyl sites for hydroxylation is 1. The molecule has 0 unspecified atom stereocenters. The van der Waals surface area contributed by atoms with Crippen LogP contribution in [0.4, 0.5) is 0 Å². The summed E-state index contributed by atoms with van der Waals surface area (Å²) >= 11 is 1.74. The molecule has 1 aliphatic rings. The smallest absolute Gasteiger partial charge is 0.0652 e. The molecular weight excluding hydrogens is 230 g/mol. The molecule has 0 radical (unpaired) electrons. The molecule has 2 N–H and O–H groups in total. The van der Waals surface area contributed by atoms with Crippen LogP contribution < -0.4 is 5.32 Å². The fourth-order valence-corrected chi connectivity index (χ4v) is 3.41. The van der Waals surface area contributed by atoms with Crippen molar-refractivity contribution in [3.05, 3.63) is 22.4 Å². The summed E-state index contributed by atoms with van der Waals surface area (Å²) in [5, 5.41) is 18.3. The molecule has 1 fully saturated rings. The second kappa shape index (κ2) is 5.98. The van der Waals surface area contributed by atoms with Gasteiger partial charge in [0.1, 0.15) is 0 Å². The van der Waals surface area contributed by atoms with E-state index in [1.165, 1.54) is 5.56 Å². The van der Waals surface area contributed by atoms with Crippen molar-refractivity contribution in [2.75, 3.05) is 6.54 Å². The molecule has 1 saturated carbocycles. The third-order valence-corrected chi connectivity index (χ3v) is 4.60. The van der Waals surface area contributed by atoms with Gasteiger partial charge < -0.3 is 10.4 Å². The zero-order valence-electron chi connectivity index (χ0n) is 10.6. The fraction of sp³-hybridized carbons (Fsp3) is 0.714. The molecule has 0 amide bonds. The number of thiophene rings is 1. The summed E-state index contributed by atoms with van der Waals surface area (Å²) in [6.07, 6.45) is 6.08. The minimum atomic E-state index is -0.409. The van der Waals surface area contributed by atoms with Crippen LogP contribution in [0, 0.1) is 0 Å². The van der Waals surface area contributed by atoms with E-state index >= 15 is 0 Å². The molecule has 3 heteroatoms. The standard InChI is InChI=1S/C14H23NOS/c1-2-15-13-4-8-14(16,9-5-13)7-3-12-6-10-17-11-12/h6,10-11,13,15-16H,2-5,7-9H2,1H3. The van der Waals surface area contributed by atoms with Gasteiger partial charge in [-0.15, -0.1) is 0 Å². The van der Waals surface area contributed by atoms with Gasteiger partial charge in [-0.25, -0.2) is 0 Å². The van der Waals surface area contributed by atoms with E-state index < -0.39 is 5.60 Å². The first-order valence-corrected chi connectivity index (χ1v) is 7.63. The molecule has 1 heterocycles. The van der Waals surface area contributed by atoms with E-state index in [9.17, 15) is 5.11 Å². The van der Waals surface area contributed by atoms with E-state index in [-0.39, 0.29) is 0 Å².